The minimum Gasteiger partial charge on any atom is -0.496 e. The van der Waals surface area contributed by atoms with Crippen molar-refractivity contribution in [2.24, 2.45) is 5.10 Å². The molecule has 0 atom stereocenters. The van der Waals surface area contributed by atoms with Gasteiger partial charge in [0.25, 0.3) is 0 Å². The van der Waals surface area contributed by atoms with Crippen LogP contribution < -0.4 is 19.6 Å². The number of benzene rings is 2. The van der Waals surface area contributed by atoms with E-state index < -0.39 is 0 Å². The molecule has 0 amide bonds. The number of thiazole rings is 1. The van der Waals surface area contributed by atoms with Crippen molar-refractivity contribution >= 4 is 32.9 Å². The average molecular weight is 343 g/mol. The van der Waals surface area contributed by atoms with Gasteiger partial charge in [0, 0.05) is 12.1 Å². The molecule has 1 N–H and O–H groups in total. The third kappa shape index (κ3) is 3.26. The standard InChI is InChI=1S/C17H17N3O3S/c1-21-11-8-14(22-2)12(15(9-11)23-3)10-18-20-17-19-13-6-4-5-7-16(13)24-17/h4-10H,1-3H3,(H,19,20)/b18-10-. The lowest BCUT2D eigenvalue weighted by Crippen LogP contribution is -1.99. The smallest absolute Gasteiger partial charge is 0.204 e. The van der Waals surface area contributed by atoms with Gasteiger partial charge in [0.1, 0.15) is 17.2 Å². The third-order valence-corrected chi connectivity index (χ3v) is 4.34. The SMILES string of the molecule is COc1cc(OC)c(/C=N\Nc2nc3ccccc3s2)c(OC)c1. The summed E-state index contributed by atoms with van der Waals surface area (Å²) in [5, 5.41) is 4.97. The second-order valence-electron chi connectivity index (χ2n) is 4.80. The number of hydrogen-bond acceptors (Lipinski definition) is 7. The zero-order valence-electron chi connectivity index (χ0n) is 13.6. The summed E-state index contributed by atoms with van der Waals surface area (Å²) in [6, 6.07) is 11.5. The van der Waals surface area contributed by atoms with Crippen molar-refractivity contribution in [2.75, 3.05) is 26.8 Å². The monoisotopic (exact) mass is 343 g/mol. The number of para-hydroxylation sites is 1. The first-order valence-electron chi connectivity index (χ1n) is 7.20. The van der Waals surface area contributed by atoms with Gasteiger partial charge in [-0.3, -0.25) is 5.43 Å². The predicted molar refractivity (Wildman–Crippen MR) is 96.9 cm³/mol. The molecule has 0 bridgehead atoms. The molecule has 0 aliphatic carbocycles. The van der Waals surface area contributed by atoms with Crippen LogP contribution in [0.15, 0.2) is 41.5 Å². The van der Waals surface area contributed by atoms with E-state index in [1.54, 1.807) is 39.7 Å². The third-order valence-electron chi connectivity index (χ3n) is 3.40. The summed E-state index contributed by atoms with van der Waals surface area (Å²) in [4.78, 5) is 4.47. The highest BCUT2D eigenvalue weighted by molar-refractivity contribution is 7.22. The molecule has 124 valence electrons. The Morgan fingerprint density at radius 3 is 2.38 bits per heavy atom. The molecule has 6 nitrogen and oxygen atoms in total. The first kappa shape index (κ1) is 16.1. The molecule has 2 aromatic carbocycles. The van der Waals surface area contributed by atoms with Gasteiger partial charge < -0.3 is 14.2 Å². The van der Waals surface area contributed by atoms with Gasteiger partial charge in [-0.15, -0.1) is 0 Å². The van der Waals surface area contributed by atoms with Gasteiger partial charge in [-0.25, -0.2) is 4.98 Å². The van der Waals surface area contributed by atoms with E-state index in [4.69, 9.17) is 14.2 Å². The Bertz CT molecular complexity index is 818. The van der Waals surface area contributed by atoms with Crippen molar-refractivity contribution in [3.63, 3.8) is 0 Å². The molecular formula is C17H17N3O3S. The largest absolute Gasteiger partial charge is 0.496 e. The maximum absolute atomic E-state index is 5.39. The zero-order chi connectivity index (χ0) is 16.9. The van der Waals surface area contributed by atoms with Crippen molar-refractivity contribution in [1.29, 1.82) is 0 Å². The molecule has 0 aliphatic rings. The number of hydrazone groups is 1. The number of nitrogens with one attached hydrogen (secondary N) is 1. The van der Waals surface area contributed by atoms with Crippen LogP contribution in [-0.4, -0.2) is 32.5 Å². The van der Waals surface area contributed by atoms with Crippen LogP contribution >= 0.6 is 11.3 Å². The van der Waals surface area contributed by atoms with E-state index in [9.17, 15) is 0 Å². The van der Waals surface area contributed by atoms with Crippen LogP contribution in [0.3, 0.4) is 0 Å². The van der Waals surface area contributed by atoms with E-state index in [1.807, 2.05) is 24.3 Å². The van der Waals surface area contributed by atoms with Crippen LogP contribution in [-0.2, 0) is 0 Å². The Kier molecular flexibility index (Phi) is 4.81. The van der Waals surface area contributed by atoms with Gasteiger partial charge >= 0.3 is 0 Å². The number of hydrogen-bond donors (Lipinski definition) is 1. The van der Waals surface area contributed by atoms with Gasteiger partial charge in [0.15, 0.2) is 0 Å². The lowest BCUT2D eigenvalue weighted by atomic mass is 10.2. The van der Waals surface area contributed by atoms with Crippen LogP contribution in [0.1, 0.15) is 5.56 Å². The molecule has 0 spiro atoms. The highest BCUT2D eigenvalue weighted by atomic mass is 32.1. The van der Waals surface area contributed by atoms with Gasteiger partial charge in [0.05, 0.1) is 43.3 Å². The number of aromatic nitrogens is 1. The Labute approximate surface area is 143 Å². The van der Waals surface area contributed by atoms with Crippen molar-refractivity contribution < 1.29 is 14.2 Å². The molecule has 1 aromatic heterocycles. The number of methoxy groups -OCH3 is 3. The van der Waals surface area contributed by atoms with Crippen molar-refractivity contribution in [2.45, 2.75) is 0 Å². The number of rotatable bonds is 6. The van der Waals surface area contributed by atoms with Crippen LogP contribution in [0.5, 0.6) is 17.2 Å². The summed E-state index contributed by atoms with van der Waals surface area (Å²) < 4.78 is 17.1. The Balaban J connectivity index is 1.85. The van der Waals surface area contributed by atoms with Gasteiger partial charge in [-0.2, -0.15) is 5.10 Å². The Morgan fingerprint density at radius 2 is 1.75 bits per heavy atom. The summed E-state index contributed by atoms with van der Waals surface area (Å²) in [5.41, 5.74) is 4.61. The molecule has 24 heavy (non-hydrogen) atoms. The fraction of sp³-hybridized carbons (Fsp3) is 0.176. The lowest BCUT2D eigenvalue weighted by Gasteiger charge is -2.11. The summed E-state index contributed by atoms with van der Waals surface area (Å²) in [6.45, 7) is 0. The van der Waals surface area contributed by atoms with Crippen LogP contribution in [0.25, 0.3) is 10.2 Å². The summed E-state index contributed by atoms with van der Waals surface area (Å²) >= 11 is 1.54. The number of anilines is 1. The van der Waals surface area contributed by atoms with E-state index in [0.29, 0.717) is 17.2 Å². The van der Waals surface area contributed by atoms with E-state index in [2.05, 4.69) is 15.5 Å². The Morgan fingerprint density at radius 1 is 1.04 bits per heavy atom. The molecule has 1 heterocycles. The van der Waals surface area contributed by atoms with Gasteiger partial charge in [-0.1, -0.05) is 23.5 Å². The normalized spacial score (nSPS) is 11.0. The molecule has 3 rings (SSSR count). The highest BCUT2D eigenvalue weighted by Crippen LogP contribution is 2.32. The summed E-state index contributed by atoms with van der Waals surface area (Å²) in [7, 11) is 4.77. The maximum Gasteiger partial charge on any atom is 0.204 e. The van der Waals surface area contributed by atoms with E-state index in [-0.39, 0.29) is 0 Å². The first-order valence-corrected chi connectivity index (χ1v) is 8.01. The maximum atomic E-state index is 5.39. The average Bonchev–Trinajstić information content (AvgIpc) is 3.04. The van der Waals surface area contributed by atoms with Gasteiger partial charge in [0.2, 0.25) is 5.13 Å². The van der Waals surface area contributed by atoms with E-state index in [0.717, 1.165) is 20.9 Å². The minimum atomic E-state index is 0.612. The molecule has 0 saturated heterocycles. The fourth-order valence-electron chi connectivity index (χ4n) is 2.23. The second kappa shape index (κ2) is 7.18. The van der Waals surface area contributed by atoms with Crippen molar-refractivity contribution in [3.05, 3.63) is 42.0 Å². The first-order chi connectivity index (χ1) is 11.7. The quantitative estimate of drug-likeness (QED) is 0.545. The zero-order valence-corrected chi connectivity index (χ0v) is 14.4. The van der Waals surface area contributed by atoms with Crippen molar-refractivity contribution in [3.8, 4) is 17.2 Å². The van der Waals surface area contributed by atoms with Crippen LogP contribution in [0, 0.1) is 0 Å². The number of ether oxygens (including phenoxy) is 3. The van der Waals surface area contributed by atoms with E-state index in [1.165, 1.54) is 11.3 Å². The molecule has 0 radical (unpaired) electrons. The predicted octanol–water partition coefficient (Wildman–Crippen LogP) is 3.77. The number of fused-ring (bicyclic) bond motifs is 1. The van der Waals surface area contributed by atoms with Crippen LogP contribution in [0.4, 0.5) is 5.13 Å². The van der Waals surface area contributed by atoms with Crippen LogP contribution in [0.2, 0.25) is 0 Å². The molecule has 0 fully saturated rings. The second-order valence-corrected chi connectivity index (χ2v) is 5.83. The van der Waals surface area contributed by atoms with E-state index >= 15 is 0 Å². The highest BCUT2D eigenvalue weighted by Gasteiger charge is 2.11. The summed E-state index contributed by atoms with van der Waals surface area (Å²) in [6.07, 6.45) is 1.64. The molecule has 7 heteroatoms. The lowest BCUT2D eigenvalue weighted by molar-refractivity contribution is 0.374. The minimum absolute atomic E-state index is 0.612. The molecule has 0 saturated carbocycles. The van der Waals surface area contributed by atoms with Gasteiger partial charge in [-0.05, 0) is 12.1 Å². The molecule has 0 aliphatic heterocycles. The number of nitrogens with zero attached hydrogens (tertiary/aromatic N) is 2. The topological polar surface area (TPSA) is 65.0 Å². The molecule has 3 aromatic rings. The van der Waals surface area contributed by atoms with Crippen molar-refractivity contribution in [1.82, 2.24) is 4.98 Å². The fourth-order valence-corrected chi connectivity index (χ4v) is 3.05. The molecule has 0 unspecified atom stereocenters. The Hall–Kier alpha value is -2.80. The summed E-state index contributed by atoms with van der Waals surface area (Å²) in [5.74, 6) is 1.88. The molecular weight excluding hydrogens is 326 g/mol.